The van der Waals surface area contributed by atoms with E-state index in [-0.39, 0.29) is 23.2 Å². The third kappa shape index (κ3) is 3.18. The molecule has 1 fully saturated rings. The summed E-state index contributed by atoms with van der Waals surface area (Å²) in [4.78, 5) is 0.0118. The zero-order valence-electron chi connectivity index (χ0n) is 9.29. The van der Waals surface area contributed by atoms with E-state index in [2.05, 4.69) is 0 Å². The van der Waals surface area contributed by atoms with Crippen LogP contribution in [0, 0.1) is 11.6 Å². The molecule has 0 aliphatic carbocycles. The summed E-state index contributed by atoms with van der Waals surface area (Å²) in [5.74, 6) is -0.666. The maximum atomic E-state index is 13.6. The van der Waals surface area contributed by atoms with Crippen molar-refractivity contribution < 1.29 is 18.6 Å². The minimum Gasteiger partial charge on any atom is -0.392 e. The summed E-state index contributed by atoms with van der Waals surface area (Å²) in [5, 5.41) is 8.82. The van der Waals surface area contributed by atoms with Gasteiger partial charge in [0.15, 0.2) is 0 Å². The summed E-state index contributed by atoms with van der Waals surface area (Å²) < 4.78 is 32.5. The van der Waals surface area contributed by atoms with Gasteiger partial charge in [0.25, 0.3) is 0 Å². The van der Waals surface area contributed by atoms with Crippen LogP contribution < -0.4 is 0 Å². The Kier molecular flexibility index (Phi) is 4.36. The van der Waals surface area contributed by atoms with Crippen LogP contribution in [0.25, 0.3) is 0 Å². The molecule has 2 rings (SSSR count). The molecule has 0 bridgehead atoms. The Balaban J connectivity index is 2.04. The lowest BCUT2D eigenvalue weighted by molar-refractivity contribution is 0.129. The molecule has 1 saturated heterocycles. The van der Waals surface area contributed by atoms with E-state index < -0.39 is 11.6 Å². The molecular weight excluding hydrogens is 246 g/mol. The maximum absolute atomic E-state index is 13.6. The van der Waals surface area contributed by atoms with Gasteiger partial charge in [0, 0.05) is 12.4 Å². The largest absolute Gasteiger partial charge is 0.392 e. The molecule has 1 aliphatic rings. The second-order valence-corrected chi connectivity index (χ2v) is 5.02. The lowest BCUT2D eigenvalue weighted by Gasteiger charge is -2.10. The number of hydrogen-bond acceptors (Lipinski definition) is 3. The monoisotopic (exact) mass is 260 g/mol. The third-order valence-electron chi connectivity index (χ3n) is 2.68. The van der Waals surface area contributed by atoms with E-state index in [0.29, 0.717) is 5.75 Å². The maximum Gasteiger partial charge on any atom is 0.140 e. The second-order valence-electron chi connectivity index (χ2n) is 3.99. The Hall–Kier alpha value is -0.650. The van der Waals surface area contributed by atoms with Gasteiger partial charge in [0.2, 0.25) is 0 Å². The number of hydrogen-bond donors (Lipinski definition) is 1. The van der Waals surface area contributed by atoms with E-state index in [1.165, 1.54) is 12.1 Å². The molecule has 1 heterocycles. The average Bonchev–Trinajstić information content (AvgIpc) is 2.80. The molecule has 1 aliphatic heterocycles. The molecule has 0 saturated carbocycles. The fourth-order valence-electron chi connectivity index (χ4n) is 1.79. The van der Waals surface area contributed by atoms with Crippen LogP contribution in [-0.4, -0.2) is 23.6 Å². The lowest BCUT2D eigenvalue weighted by atomic mass is 10.2. The first-order chi connectivity index (χ1) is 8.20. The first-order valence-corrected chi connectivity index (χ1v) is 6.52. The molecule has 1 unspecified atom stereocenters. The summed E-state index contributed by atoms with van der Waals surface area (Å²) in [6, 6.07) is 2.34. The Morgan fingerprint density at radius 1 is 1.35 bits per heavy atom. The van der Waals surface area contributed by atoms with Gasteiger partial charge in [0.1, 0.15) is 11.6 Å². The molecule has 0 aromatic heterocycles. The number of thioether (sulfide) groups is 1. The summed E-state index contributed by atoms with van der Waals surface area (Å²) in [7, 11) is 0. The van der Waals surface area contributed by atoms with Crippen molar-refractivity contribution in [3.63, 3.8) is 0 Å². The molecule has 94 valence electrons. The highest BCUT2D eigenvalue weighted by Gasteiger charge is 2.18. The van der Waals surface area contributed by atoms with Crippen LogP contribution in [0.1, 0.15) is 18.4 Å². The van der Waals surface area contributed by atoms with Gasteiger partial charge in [-0.25, -0.2) is 8.78 Å². The molecule has 0 radical (unpaired) electrons. The molecule has 1 N–H and O–H groups in total. The van der Waals surface area contributed by atoms with E-state index in [4.69, 9.17) is 9.84 Å². The van der Waals surface area contributed by atoms with E-state index in [0.717, 1.165) is 31.2 Å². The van der Waals surface area contributed by atoms with Crippen LogP contribution in [0.4, 0.5) is 8.78 Å². The van der Waals surface area contributed by atoms with E-state index >= 15 is 0 Å². The number of rotatable bonds is 4. The van der Waals surface area contributed by atoms with E-state index in [1.54, 1.807) is 0 Å². The molecule has 5 heteroatoms. The smallest absolute Gasteiger partial charge is 0.140 e. The predicted octanol–water partition coefficient (Wildman–Crippen LogP) is 2.73. The Morgan fingerprint density at radius 2 is 2.06 bits per heavy atom. The predicted molar refractivity (Wildman–Crippen MR) is 62.0 cm³/mol. The highest BCUT2D eigenvalue weighted by atomic mass is 32.2. The van der Waals surface area contributed by atoms with Crippen molar-refractivity contribution in [3.8, 4) is 0 Å². The molecule has 2 nitrogen and oxygen atoms in total. The van der Waals surface area contributed by atoms with Crippen molar-refractivity contribution in [3.05, 3.63) is 29.3 Å². The van der Waals surface area contributed by atoms with Gasteiger partial charge < -0.3 is 9.84 Å². The van der Waals surface area contributed by atoms with Crippen molar-refractivity contribution in [2.75, 3.05) is 12.4 Å². The number of aliphatic hydroxyl groups is 1. The molecule has 17 heavy (non-hydrogen) atoms. The lowest BCUT2D eigenvalue weighted by Crippen LogP contribution is -2.08. The number of halogens is 2. The number of benzene rings is 1. The van der Waals surface area contributed by atoms with Gasteiger partial charge in [-0.3, -0.25) is 0 Å². The third-order valence-corrected chi connectivity index (χ3v) is 3.90. The first-order valence-electron chi connectivity index (χ1n) is 5.54. The minimum absolute atomic E-state index is 0.0118. The van der Waals surface area contributed by atoms with Crippen molar-refractivity contribution in [1.29, 1.82) is 0 Å². The van der Waals surface area contributed by atoms with Gasteiger partial charge in [-0.2, -0.15) is 0 Å². The number of ether oxygens (including phenoxy) is 1. The van der Waals surface area contributed by atoms with Crippen LogP contribution in [0.5, 0.6) is 0 Å². The fourth-order valence-corrected chi connectivity index (χ4v) is 2.80. The Labute approximate surface area is 103 Å². The average molecular weight is 260 g/mol. The second kappa shape index (κ2) is 5.80. The minimum atomic E-state index is -0.614. The molecule has 1 atom stereocenters. The van der Waals surface area contributed by atoms with Gasteiger partial charge in [0.05, 0.1) is 17.6 Å². The quantitative estimate of drug-likeness (QED) is 0.844. The van der Waals surface area contributed by atoms with Crippen LogP contribution in [0.3, 0.4) is 0 Å². The van der Waals surface area contributed by atoms with E-state index in [1.807, 2.05) is 0 Å². The summed E-state index contributed by atoms with van der Waals surface area (Å²) in [6.45, 7) is 0.379. The molecular formula is C12H14F2O2S. The van der Waals surface area contributed by atoms with Crippen LogP contribution in [0.15, 0.2) is 17.0 Å². The van der Waals surface area contributed by atoms with Crippen LogP contribution in [0.2, 0.25) is 0 Å². The Bertz CT molecular complexity index is 369. The van der Waals surface area contributed by atoms with Crippen molar-refractivity contribution in [2.24, 2.45) is 0 Å². The van der Waals surface area contributed by atoms with Crippen LogP contribution in [-0.2, 0) is 11.3 Å². The summed E-state index contributed by atoms with van der Waals surface area (Å²) >= 11 is 1.13. The first kappa shape index (κ1) is 12.8. The van der Waals surface area contributed by atoms with Gasteiger partial charge in [-0.05, 0) is 30.5 Å². The molecule has 1 aromatic carbocycles. The van der Waals surface area contributed by atoms with Gasteiger partial charge in [-0.15, -0.1) is 11.8 Å². The zero-order chi connectivity index (χ0) is 12.3. The topological polar surface area (TPSA) is 29.5 Å². The molecule has 1 aromatic rings. The van der Waals surface area contributed by atoms with Gasteiger partial charge >= 0.3 is 0 Å². The van der Waals surface area contributed by atoms with Crippen molar-refractivity contribution in [1.82, 2.24) is 0 Å². The molecule has 0 spiro atoms. The van der Waals surface area contributed by atoms with Crippen molar-refractivity contribution >= 4 is 11.8 Å². The van der Waals surface area contributed by atoms with E-state index in [9.17, 15) is 8.78 Å². The Morgan fingerprint density at radius 3 is 2.59 bits per heavy atom. The normalized spacial score (nSPS) is 19.8. The van der Waals surface area contributed by atoms with Crippen molar-refractivity contribution in [2.45, 2.75) is 30.4 Å². The summed E-state index contributed by atoms with van der Waals surface area (Å²) in [6.07, 6.45) is 2.06. The zero-order valence-corrected chi connectivity index (χ0v) is 10.1. The standard InChI is InChI=1S/C12H14F2O2S/c13-10-4-8(6-15)5-11(14)12(10)17-7-9-2-1-3-16-9/h4-5,9,15H,1-3,6-7H2. The fraction of sp³-hybridized carbons (Fsp3) is 0.500. The highest BCUT2D eigenvalue weighted by molar-refractivity contribution is 7.99. The number of aliphatic hydroxyl groups excluding tert-OH is 1. The highest BCUT2D eigenvalue weighted by Crippen LogP contribution is 2.29. The SMILES string of the molecule is OCc1cc(F)c(SCC2CCCO2)c(F)c1. The van der Waals surface area contributed by atoms with Gasteiger partial charge in [-0.1, -0.05) is 0 Å². The molecule has 0 amide bonds. The summed E-state index contributed by atoms with van der Waals surface area (Å²) in [5.41, 5.74) is 0.251. The van der Waals surface area contributed by atoms with Crippen LogP contribution >= 0.6 is 11.8 Å².